The summed E-state index contributed by atoms with van der Waals surface area (Å²) < 4.78 is 81.9. The van der Waals surface area contributed by atoms with Gasteiger partial charge in [0.05, 0.1) is 11.6 Å². The fourth-order valence-corrected chi connectivity index (χ4v) is 2.97. The first-order chi connectivity index (χ1) is 14.2. The summed E-state index contributed by atoms with van der Waals surface area (Å²) in [4.78, 5) is 12.3. The number of benzene rings is 2. The van der Waals surface area contributed by atoms with Gasteiger partial charge in [-0.3, -0.25) is 4.79 Å². The lowest BCUT2D eigenvalue weighted by Gasteiger charge is -2.24. The lowest BCUT2D eigenvalue weighted by molar-refractivity contribution is -0.139. The molecular formula is C20H16F6N2O2S. The highest BCUT2D eigenvalue weighted by Gasteiger charge is 2.36. The van der Waals surface area contributed by atoms with E-state index in [0.717, 1.165) is 30.3 Å². The number of aryl methyl sites for hydroxylation is 1. The van der Waals surface area contributed by atoms with E-state index < -0.39 is 41.1 Å². The van der Waals surface area contributed by atoms with Crippen molar-refractivity contribution < 1.29 is 35.9 Å². The van der Waals surface area contributed by atoms with Crippen molar-refractivity contribution >= 4 is 17.7 Å². The number of hydrogen-bond acceptors (Lipinski definition) is 4. The van der Waals surface area contributed by atoms with Crippen molar-refractivity contribution in [3.63, 3.8) is 0 Å². The van der Waals surface area contributed by atoms with Crippen LogP contribution in [0.1, 0.15) is 28.4 Å². The average molecular weight is 462 g/mol. The van der Waals surface area contributed by atoms with Gasteiger partial charge in [-0.1, -0.05) is 6.07 Å². The summed E-state index contributed by atoms with van der Waals surface area (Å²) in [6, 6.07) is 9.53. The van der Waals surface area contributed by atoms with Crippen LogP contribution in [0.15, 0.2) is 47.4 Å². The van der Waals surface area contributed by atoms with Gasteiger partial charge >= 0.3 is 11.7 Å². The summed E-state index contributed by atoms with van der Waals surface area (Å²) in [5, 5.41) is 11.8. The number of ether oxygens (including phenoxy) is 1. The van der Waals surface area contributed by atoms with E-state index in [4.69, 9.17) is 4.74 Å². The highest BCUT2D eigenvalue weighted by molar-refractivity contribution is 8.00. The van der Waals surface area contributed by atoms with E-state index in [2.05, 4.69) is 5.32 Å². The second kappa shape index (κ2) is 9.09. The molecule has 1 unspecified atom stereocenters. The highest BCUT2D eigenvalue weighted by Crippen LogP contribution is 2.37. The molecule has 4 nitrogen and oxygen atoms in total. The topological polar surface area (TPSA) is 62.1 Å². The minimum atomic E-state index is -4.68. The Hall–Kier alpha value is -2.87. The molecule has 0 aliphatic heterocycles. The average Bonchev–Trinajstić information content (AvgIpc) is 2.64. The van der Waals surface area contributed by atoms with Gasteiger partial charge in [-0.15, -0.1) is 0 Å². The smallest absolute Gasteiger partial charge is 0.446 e. The normalized spacial score (nSPS) is 13.8. The third-order valence-corrected chi connectivity index (χ3v) is 4.68. The number of nitrogens with zero attached hydrogens (tertiary/aromatic N) is 1. The maximum absolute atomic E-state index is 13.2. The Morgan fingerprint density at radius 1 is 1.10 bits per heavy atom. The molecule has 0 aliphatic rings. The first-order valence-electron chi connectivity index (χ1n) is 8.63. The Morgan fingerprint density at radius 3 is 2.23 bits per heavy atom. The standard InChI is InChI=1S/C20H16F6N2O2S/c1-12-3-8-15(19(21,22)23)16(9-12)30-11-18(2,10-27)28-17(29)13-4-6-14(7-5-13)31-20(24,25)26/h3-9H,11H2,1-2H3,(H,28,29). The van der Waals surface area contributed by atoms with Crippen molar-refractivity contribution in [2.24, 2.45) is 0 Å². The predicted octanol–water partition coefficient (Wildman–Crippen LogP) is 5.72. The van der Waals surface area contributed by atoms with Crippen LogP contribution in [0.3, 0.4) is 0 Å². The maximum atomic E-state index is 13.2. The molecule has 0 heterocycles. The van der Waals surface area contributed by atoms with Crippen LogP contribution in [0.2, 0.25) is 0 Å². The molecule has 2 aromatic carbocycles. The molecular weight excluding hydrogens is 446 g/mol. The number of rotatable bonds is 6. The zero-order valence-corrected chi connectivity index (χ0v) is 17.0. The molecule has 0 saturated carbocycles. The number of halogens is 6. The molecule has 1 atom stereocenters. The number of carbonyl (C=O) groups is 1. The first kappa shape index (κ1) is 24.4. The molecule has 0 spiro atoms. The van der Waals surface area contributed by atoms with Gasteiger partial charge in [0, 0.05) is 10.5 Å². The number of nitrogens with one attached hydrogen (secondary N) is 1. The SMILES string of the molecule is Cc1ccc(C(F)(F)F)c(OCC(C)(C#N)NC(=O)c2ccc(SC(F)(F)F)cc2)c1. The van der Waals surface area contributed by atoms with Gasteiger partial charge < -0.3 is 10.1 Å². The zero-order valence-electron chi connectivity index (χ0n) is 16.2. The van der Waals surface area contributed by atoms with Crippen LogP contribution in [0.5, 0.6) is 5.75 Å². The summed E-state index contributed by atoms with van der Waals surface area (Å²) >= 11 is -0.347. The van der Waals surface area contributed by atoms with Gasteiger partial charge in [-0.2, -0.15) is 31.6 Å². The van der Waals surface area contributed by atoms with Gasteiger partial charge in [0.25, 0.3) is 5.91 Å². The van der Waals surface area contributed by atoms with Crippen LogP contribution in [0, 0.1) is 18.3 Å². The van der Waals surface area contributed by atoms with Crippen LogP contribution in [-0.2, 0) is 6.18 Å². The number of amides is 1. The Labute approximate surface area is 178 Å². The highest BCUT2D eigenvalue weighted by atomic mass is 32.2. The van der Waals surface area contributed by atoms with Crippen molar-refractivity contribution in [2.45, 2.75) is 36.0 Å². The van der Waals surface area contributed by atoms with Gasteiger partial charge in [0.2, 0.25) is 0 Å². The molecule has 0 radical (unpaired) electrons. The molecule has 0 aromatic heterocycles. The fourth-order valence-electron chi connectivity index (χ4n) is 2.43. The van der Waals surface area contributed by atoms with Crippen LogP contribution < -0.4 is 10.1 Å². The summed E-state index contributed by atoms with van der Waals surface area (Å²) in [5.74, 6) is -1.28. The Morgan fingerprint density at radius 2 is 1.71 bits per heavy atom. The second-order valence-electron chi connectivity index (χ2n) is 6.76. The first-order valence-corrected chi connectivity index (χ1v) is 9.44. The quantitative estimate of drug-likeness (QED) is 0.441. The van der Waals surface area contributed by atoms with E-state index in [1.165, 1.54) is 19.1 Å². The minimum Gasteiger partial charge on any atom is -0.489 e. The Bertz CT molecular complexity index is 983. The van der Waals surface area contributed by atoms with E-state index in [-0.39, 0.29) is 22.2 Å². The van der Waals surface area contributed by atoms with Crippen molar-refractivity contribution in [3.8, 4) is 11.8 Å². The molecule has 0 fully saturated rings. The van der Waals surface area contributed by atoms with E-state index in [1.807, 2.05) is 0 Å². The number of carbonyl (C=O) groups excluding carboxylic acids is 1. The molecule has 31 heavy (non-hydrogen) atoms. The molecule has 0 saturated heterocycles. The van der Waals surface area contributed by atoms with E-state index in [0.29, 0.717) is 5.56 Å². The summed E-state index contributed by atoms with van der Waals surface area (Å²) in [6.45, 7) is 2.23. The van der Waals surface area contributed by atoms with E-state index in [1.54, 1.807) is 13.0 Å². The summed E-state index contributed by atoms with van der Waals surface area (Å²) in [5.41, 5.74) is -6.74. The van der Waals surface area contributed by atoms with Crippen LogP contribution in [0.4, 0.5) is 26.3 Å². The van der Waals surface area contributed by atoms with E-state index >= 15 is 0 Å². The fraction of sp³-hybridized carbons (Fsp3) is 0.300. The van der Waals surface area contributed by atoms with Crippen LogP contribution >= 0.6 is 11.8 Å². The van der Waals surface area contributed by atoms with Crippen molar-refractivity contribution in [1.82, 2.24) is 5.32 Å². The summed E-state index contributed by atoms with van der Waals surface area (Å²) in [7, 11) is 0. The molecule has 0 bridgehead atoms. The lowest BCUT2D eigenvalue weighted by Crippen LogP contribution is -2.49. The Kier molecular flexibility index (Phi) is 7.16. The molecule has 1 N–H and O–H groups in total. The molecule has 166 valence electrons. The van der Waals surface area contributed by atoms with Crippen LogP contribution in [0.25, 0.3) is 0 Å². The van der Waals surface area contributed by atoms with E-state index in [9.17, 15) is 36.4 Å². The predicted molar refractivity (Wildman–Crippen MR) is 102 cm³/mol. The third kappa shape index (κ3) is 7.10. The second-order valence-corrected chi connectivity index (χ2v) is 7.89. The number of alkyl halides is 6. The van der Waals surface area contributed by atoms with Gasteiger partial charge in [-0.05, 0) is 67.6 Å². The van der Waals surface area contributed by atoms with Crippen molar-refractivity contribution in [3.05, 3.63) is 59.2 Å². The summed E-state index contributed by atoms with van der Waals surface area (Å²) in [6.07, 6.45) is -4.68. The number of thioether (sulfide) groups is 1. The van der Waals surface area contributed by atoms with Crippen molar-refractivity contribution in [2.75, 3.05) is 6.61 Å². The maximum Gasteiger partial charge on any atom is 0.446 e. The molecule has 2 rings (SSSR count). The van der Waals surface area contributed by atoms with Gasteiger partial charge in [-0.25, -0.2) is 0 Å². The van der Waals surface area contributed by atoms with Crippen LogP contribution in [-0.4, -0.2) is 23.6 Å². The zero-order chi connectivity index (χ0) is 23.4. The molecule has 0 aliphatic carbocycles. The number of hydrogen-bond donors (Lipinski definition) is 1. The molecule has 11 heteroatoms. The Balaban J connectivity index is 2.13. The third-order valence-electron chi connectivity index (χ3n) is 3.95. The molecule has 2 aromatic rings. The lowest BCUT2D eigenvalue weighted by atomic mass is 10.0. The van der Waals surface area contributed by atoms with Gasteiger partial charge in [0.15, 0.2) is 5.54 Å². The largest absolute Gasteiger partial charge is 0.489 e. The monoisotopic (exact) mass is 462 g/mol. The number of nitriles is 1. The van der Waals surface area contributed by atoms with Crippen molar-refractivity contribution in [1.29, 1.82) is 5.26 Å². The van der Waals surface area contributed by atoms with Gasteiger partial charge in [0.1, 0.15) is 12.4 Å². The minimum absolute atomic E-state index is 0.0282. The molecule has 1 amide bonds.